The highest BCUT2D eigenvalue weighted by Crippen LogP contribution is 2.28. The van der Waals surface area contributed by atoms with Crippen LogP contribution in [-0.2, 0) is 9.59 Å². The molecule has 1 radical (unpaired) electrons. The van der Waals surface area contributed by atoms with Gasteiger partial charge in [0.05, 0.1) is 0 Å². The van der Waals surface area contributed by atoms with Crippen LogP contribution in [0.4, 0.5) is 0 Å². The smallest absolute Gasteiger partial charge is 0.272 e. The van der Waals surface area contributed by atoms with Crippen molar-refractivity contribution in [1.82, 2.24) is 0 Å². The van der Waals surface area contributed by atoms with E-state index in [0.717, 1.165) is 12.8 Å². The number of hydrogen-bond acceptors (Lipinski definition) is 2. The first-order chi connectivity index (χ1) is 3.34. The molecule has 0 amide bonds. The molecule has 2 heteroatoms. The third-order valence-corrected chi connectivity index (χ3v) is 1.05. The lowest BCUT2D eigenvalue weighted by molar-refractivity contribution is -0.114. The van der Waals surface area contributed by atoms with Crippen LogP contribution >= 0.6 is 0 Å². The summed E-state index contributed by atoms with van der Waals surface area (Å²) in [7, 11) is 0. The SMILES string of the molecule is O=[C]C(=O)C1CC1. The number of ketones is 1. The Kier molecular flexibility index (Phi) is 0.929. The molecule has 0 saturated heterocycles. The van der Waals surface area contributed by atoms with Crippen molar-refractivity contribution >= 4 is 12.1 Å². The molecule has 0 unspecified atom stereocenters. The Morgan fingerprint density at radius 1 is 1.57 bits per heavy atom. The van der Waals surface area contributed by atoms with Crippen LogP contribution in [0, 0.1) is 5.92 Å². The highest BCUT2D eigenvalue weighted by molar-refractivity contribution is 6.27. The van der Waals surface area contributed by atoms with Crippen LogP contribution in [0.2, 0.25) is 0 Å². The summed E-state index contributed by atoms with van der Waals surface area (Å²) in [6, 6.07) is 0. The van der Waals surface area contributed by atoms with Crippen molar-refractivity contribution in [3.05, 3.63) is 0 Å². The fourth-order valence-electron chi connectivity index (χ4n) is 0.429. The van der Waals surface area contributed by atoms with Crippen molar-refractivity contribution in [3.63, 3.8) is 0 Å². The maximum absolute atomic E-state index is 10.2. The van der Waals surface area contributed by atoms with E-state index in [4.69, 9.17) is 0 Å². The summed E-state index contributed by atoms with van der Waals surface area (Å²) >= 11 is 0. The minimum Gasteiger partial charge on any atom is -0.290 e. The second-order valence-electron chi connectivity index (χ2n) is 1.74. The molecule has 0 atom stereocenters. The number of carbonyl (C=O) groups excluding carboxylic acids is 2. The van der Waals surface area contributed by atoms with Crippen LogP contribution in [-0.4, -0.2) is 12.1 Å². The van der Waals surface area contributed by atoms with Crippen LogP contribution in [0.3, 0.4) is 0 Å². The summed E-state index contributed by atoms with van der Waals surface area (Å²) in [6.45, 7) is 0. The van der Waals surface area contributed by atoms with Gasteiger partial charge in [-0.2, -0.15) is 0 Å². The van der Waals surface area contributed by atoms with Crippen LogP contribution < -0.4 is 0 Å². The summed E-state index contributed by atoms with van der Waals surface area (Å²) in [5.41, 5.74) is 0. The lowest BCUT2D eigenvalue weighted by atomic mass is 10.3. The molecule has 2 nitrogen and oxygen atoms in total. The second-order valence-corrected chi connectivity index (χ2v) is 1.74. The van der Waals surface area contributed by atoms with Gasteiger partial charge in [0, 0.05) is 5.92 Å². The first-order valence-electron chi connectivity index (χ1n) is 2.26. The van der Waals surface area contributed by atoms with Gasteiger partial charge in [-0.15, -0.1) is 0 Å². The van der Waals surface area contributed by atoms with Crippen molar-refractivity contribution in [1.29, 1.82) is 0 Å². The lowest BCUT2D eigenvalue weighted by Crippen LogP contribution is -1.99. The van der Waals surface area contributed by atoms with Gasteiger partial charge in [-0.3, -0.25) is 9.59 Å². The molecule has 0 aromatic carbocycles. The average Bonchev–Trinajstić information content (AvgIpc) is 2.44. The number of Topliss-reactive ketones (excluding diaryl/α,β-unsaturated/α-hetero) is 1. The molecule has 1 aliphatic carbocycles. The minimum absolute atomic E-state index is 0.0532. The molecule has 1 fully saturated rings. The molecular formula is C5H5O2. The van der Waals surface area contributed by atoms with Crippen LogP contribution in [0.15, 0.2) is 0 Å². The summed E-state index contributed by atoms with van der Waals surface area (Å²) in [6.07, 6.45) is 3.13. The van der Waals surface area contributed by atoms with Gasteiger partial charge in [0.2, 0.25) is 5.78 Å². The van der Waals surface area contributed by atoms with E-state index in [9.17, 15) is 9.59 Å². The standard InChI is InChI=1S/C5H5O2/c6-3-5(7)4-1-2-4/h4H,1-2H2. The highest BCUT2D eigenvalue weighted by atomic mass is 16.2. The molecule has 0 heterocycles. The van der Waals surface area contributed by atoms with Crippen molar-refractivity contribution < 1.29 is 9.59 Å². The first kappa shape index (κ1) is 4.50. The van der Waals surface area contributed by atoms with Crippen LogP contribution in [0.1, 0.15) is 12.8 Å². The summed E-state index contributed by atoms with van der Waals surface area (Å²) < 4.78 is 0. The first-order valence-corrected chi connectivity index (χ1v) is 2.26. The molecule has 0 aliphatic heterocycles. The van der Waals surface area contributed by atoms with Crippen molar-refractivity contribution in [3.8, 4) is 0 Å². The molecule has 0 aromatic heterocycles. The van der Waals surface area contributed by atoms with Gasteiger partial charge in [-0.05, 0) is 12.8 Å². The highest BCUT2D eigenvalue weighted by Gasteiger charge is 2.29. The van der Waals surface area contributed by atoms with E-state index in [1.807, 2.05) is 0 Å². The fraction of sp³-hybridized carbons (Fsp3) is 0.600. The van der Waals surface area contributed by atoms with Gasteiger partial charge >= 0.3 is 0 Å². The summed E-state index contributed by atoms with van der Waals surface area (Å²) in [4.78, 5) is 19.7. The Morgan fingerprint density at radius 3 is 2.29 bits per heavy atom. The fourth-order valence-corrected chi connectivity index (χ4v) is 0.429. The topological polar surface area (TPSA) is 34.1 Å². The minimum atomic E-state index is -0.347. The Morgan fingerprint density at radius 2 is 2.14 bits per heavy atom. The predicted octanol–water partition coefficient (Wildman–Crippen LogP) is 0.0752. The molecule has 0 N–H and O–H groups in total. The molecule has 37 valence electrons. The molecule has 1 aliphatic rings. The Balaban J connectivity index is 2.37. The molecule has 0 spiro atoms. The van der Waals surface area contributed by atoms with Crippen LogP contribution in [0.25, 0.3) is 0 Å². The van der Waals surface area contributed by atoms with E-state index in [1.165, 1.54) is 6.29 Å². The maximum Gasteiger partial charge on any atom is 0.272 e. The van der Waals surface area contributed by atoms with Gasteiger partial charge in [0.1, 0.15) is 0 Å². The van der Waals surface area contributed by atoms with E-state index >= 15 is 0 Å². The maximum atomic E-state index is 10.2. The molecule has 1 rings (SSSR count). The van der Waals surface area contributed by atoms with Gasteiger partial charge in [0.25, 0.3) is 6.29 Å². The van der Waals surface area contributed by atoms with Crippen LogP contribution in [0.5, 0.6) is 0 Å². The monoisotopic (exact) mass is 97.0 g/mol. The normalized spacial score (nSPS) is 18.9. The van der Waals surface area contributed by atoms with Gasteiger partial charge < -0.3 is 0 Å². The summed E-state index contributed by atoms with van der Waals surface area (Å²) in [5, 5.41) is 0. The molecule has 0 bridgehead atoms. The van der Waals surface area contributed by atoms with Crippen molar-refractivity contribution in [2.75, 3.05) is 0 Å². The zero-order valence-corrected chi connectivity index (χ0v) is 3.81. The molecule has 7 heavy (non-hydrogen) atoms. The predicted molar refractivity (Wildman–Crippen MR) is 23.4 cm³/mol. The van der Waals surface area contributed by atoms with E-state index in [0.29, 0.717) is 0 Å². The number of hydrogen-bond donors (Lipinski definition) is 0. The Labute approximate surface area is 41.5 Å². The Bertz CT molecular complexity index is 103. The quantitative estimate of drug-likeness (QED) is 0.457. The number of carbonyl (C=O) groups is 1. The van der Waals surface area contributed by atoms with Crippen molar-refractivity contribution in [2.24, 2.45) is 5.92 Å². The van der Waals surface area contributed by atoms with E-state index in [-0.39, 0.29) is 11.7 Å². The zero-order valence-electron chi connectivity index (χ0n) is 3.81. The molecule has 1 saturated carbocycles. The largest absolute Gasteiger partial charge is 0.290 e. The zero-order chi connectivity index (χ0) is 5.28. The second kappa shape index (κ2) is 1.45. The third-order valence-electron chi connectivity index (χ3n) is 1.05. The third kappa shape index (κ3) is 0.856. The molecular weight excluding hydrogens is 92.1 g/mol. The number of rotatable bonds is 2. The lowest BCUT2D eigenvalue weighted by Gasteiger charge is -1.73. The molecule has 0 aromatic rings. The Hall–Kier alpha value is -0.660. The van der Waals surface area contributed by atoms with E-state index in [2.05, 4.69) is 0 Å². The van der Waals surface area contributed by atoms with Crippen molar-refractivity contribution in [2.45, 2.75) is 12.8 Å². The summed E-state index contributed by atoms with van der Waals surface area (Å²) in [5.74, 6) is -0.294. The van der Waals surface area contributed by atoms with E-state index in [1.54, 1.807) is 0 Å². The van der Waals surface area contributed by atoms with E-state index < -0.39 is 0 Å². The average molecular weight is 97.1 g/mol. The van der Waals surface area contributed by atoms with Gasteiger partial charge in [-0.1, -0.05) is 0 Å². The van der Waals surface area contributed by atoms with Gasteiger partial charge in [-0.25, -0.2) is 0 Å². The van der Waals surface area contributed by atoms with Gasteiger partial charge in [0.15, 0.2) is 0 Å².